The lowest BCUT2D eigenvalue weighted by Crippen LogP contribution is -2.50. The molecule has 0 spiro atoms. The highest BCUT2D eigenvalue weighted by Crippen LogP contribution is 2.12. The Balaban J connectivity index is 1.61. The second kappa shape index (κ2) is 7.25. The van der Waals surface area contributed by atoms with Gasteiger partial charge in [0.1, 0.15) is 5.82 Å². The molecule has 7 nitrogen and oxygen atoms in total. The largest absolute Gasteiger partial charge is 0.480 e. The van der Waals surface area contributed by atoms with E-state index in [9.17, 15) is 14.0 Å². The third-order valence-electron chi connectivity index (χ3n) is 3.99. The number of aromatic nitrogens is 2. The van der Waals surface area contributed by atoms with Crippen LogP contribution in [0.3, 0.4) is 0 Å². The first-order valence-corrected chi connectivity index (χ1v) is 7.80. The predicted molar refractivity (Wildman–Crippen MR) is 86.8 cm³/mol. The molecule has 1 fully saturated rings. The van der Waals surface area contributed by atoms with Crippen molar-refractivity contribution in [2.75, 3.05) is 33.3 Å². The second-order valence-electron chi connectivity index (χ2n) is 5.56. The molecule has 1 aromatic heterocycles. The lowest BCUT2D eigenvalue weighted by Gasteiger charge is -2.34. The fraction of sp³-hybridized carbons (Fsp3) is 0.294. The first-order valence-electron chi connectivity index (χ1n) is 7.80. The van der Waals surface area contributed by atoms with Gasteiger partial charge in [0, 0.05) is 37.8 Å². The van der Waals surface area contributed by atoms with Crippen LogP contribution in [0.15, 0.2) is 36.4 Å². The number of amides is 2. The van der Waals surface area contributed by atoms with Gasteiger partial charge in [0.05, 0.1) is 7.11 Å². The summed E-state index contributed by atoms with van der Waals surface area (Å²) in [6, 6.07) is 8.72. The van der Waals surface area contributed by atoms with Gasteiger partial charge in [-0.2, -0.15) is 0 Å². The first kappa shape index (κ1) is 16.8. The van der Waals surface area contributed by atoms with E-state index in [1.807, 2.05) is 0 Å². The molecule has 2 amide bonds. The zero-order chi connectivity index (χ0) is 17.8. The molecule has 25 heavy (non-hydrogen) atoms. The maximum absolute atomic E-state index is 13.3. The van der Waals surface area contributed by atoms with Gasteiger partial charge >= 0.3 is 0 Å². The molecule has 0 radical (unpaired) electrons. The third-order valence-corrected chi connectivity index (χ3v) is 3.99. The molecule has 1 aliphatic rings. The molecule has 0 N–H and O–H groups in total. The van der Waals surface area contributed by atoms with Crippen LogP contribution < -0.4 is 4.74 Å². The van der Waals surface area contributed by atoms with Crippen molar-refractivity contribution in [3.8, 4) is 5.88 Å². The van der Waals surface area contributed by atoms with Gasteiger partial charge in [-0.3, -0.25) is 9.59 Å². The van der Waals surface area contributed by atoms with Crippen LogP contribution in [-0.2, 0) is 0 Å². The van der Waals surface area contributed by atoms with Crippen LogP contribution in [0.25, 0.3) is 0 Å². The summed E-state index contributed by atoms with van der Waals surface area (Å²) in [5, 5.41) is 7.63. The van der Waals surface area contributed by atoms with E-state index in [1.54, 1.807) is 28.0 Å². The van der Waals surface area contributed by atoms with Crippen molar-refractivity contribution in [3.63, 3.8) is 0 Å². The summed E-state index contributed by atoms with van der Waals surface area (Å²) < 4.78 is 18.2. The van der Waals surface area contributed by atoms with E-state index in [0.29, 0.717) is 37.6 Å². The number of nitrogens with zero attached hydrogens (tertiary/aromatic N) is 4. The van der Waals surface area contributed by atoms with E-state index in [2.05, 4.69) is 10.2 Å². The molecule has 0 atom stereocenters. The monoisotopic (exact) mass is 344 g/mol. The highest BCUT2D eigenvalue weighted by Gasteiger charge is 2.26. The maximum atomic E-state index is 13.3. The van der Waals surface area contributed by atoms with Crippen LogP contribution in [0.4, 0.5) is 4.39 Å². The Labute approximate surface area is 144 Å². The van der Waals surface area contributed by atoms with Crippen LogP contribution in [0.5, 0.6) is 5.88 Å². The van der Waals surface area contributed by atoms with E-state index in [4.69, 9.17) is 4.74 Å². The fourth-order valence-corrected chi connectivity index (χ4v) is 2.62. The van der Waals surface area contributed by atoms with Crippen molar-refractivity contribution in [2.45, 2.75) is 0 Å². The van der Waals surface area contributed by atoms with Crippen molar-refractivity contribution in [1.29, 1.82) is 0 Å². The molecular formula is C17H17FN4O3. The van der Waals surface area contributed by atoms with Gasteiger partial charge in [-0.1, -0.05) is 6.07 Å². The number of rotatable bonds is 3. The number of methoxy groups -OCH3 is 1. The molecule has 0 unspecified atom stereocenters. The van der Waals surface area contributed by atoms with Crippen LogP contribution in [-0.4, -0.2) is 65.1 Å². The normalized spacial score (nSPS) is 14.3. The molecule has 1 aliphatic heterocycles. The molecular weight excluding hydrogens is 327 g/mol. The summed E-state index contributed by atoms with van der Waals surface area (Å²) in [4.78, 5) is 28.0. The smallest absolute Gasteiger partial charge is 0.274 e. The number of carbonyl (C=O) groups is 2. The van der Waals surface area contributed by atoms with Crippen molar-refractivity contribution >= 4 is 11.8 Å². The molecule has 2 aromatic rings. The van der Waals surface area contributed by atoms with Crippen molar-refractivity contribution in [1.82, 2.24) is 20.0 Å². The summed E-state index contributed by atoms with van der Waals surface area (Å²) in [6.45, 7) is 1.52. The summed E-state index contributed by atoms with van der Waals surface area (Å²) in [6.07, 6.45) is 0. The van der Waals surface area contributed by atoms with E-state index >= 15 is 0 Å². The first-order chi connectivity index (χ1) is 12.1. The van der Waals surface area contributed by atoms with Gasteiger partial charge in [-0.05, 0) is 24.3 Å². The average molecular weight is 344 g/mol. The van der Waals surface area contributed by atoms with Gasteiger partial charge in [-0.15, -0.1) is 10.2 Å². The van der Waals surface area contributed by atoms with Crippen molar-refractivity contribution < 1.29 is 18.7 Å². The van der Waals surface area contributed by atoms with Gasteiger partial charge in [0.15, 0.2) is 5.69 Å². The second-order valence-corrected chi connectivity index (χ2v) is 5.56. The average Bonchev–Trinajstić information content (AvgIpc) is 2.67. The summed E-state index contributed by atoms with van der Waals surface area (Å²) in [5.74, 6) is -0.594. The van der Waals surface area contributed by atoms with Crippen LogP contribution in [0.1, 0.15) is 20.8 Å². The van der Waals surface area contributed by atoms with Crippen LogP contribution in [0.2, 0.25) is 0 Å². The third kappa shape index (κ3) is 3.73. The van der Waals surface area contributed by atoms with E-state index < -0.39 is 5.82 Å². The Bertz CT molecular complexity index is 774. The Morgan fingerprint density at radius 3 is 2.24 bits per heavy atom. The summed E-state index contributed by atoms with van der Waals surface area (Å²) >= 11 is 0. The number of ether oxygens (including phenoxy) is 1. The number of halogens is 1. The number of carbonyl (C=O) groups excluding carboxylic acids is 2. The SMILES string of the molecule is COc1ccc(C(=O)N2CCN(C(=O)c3cccc(F)c3)CC2)nn1. The zero-order valence-corrected chi connectivity index (χ0v) is 13.7. The lowest BCUT2D eigenvalue weighted by atomic mass is 10.1. The molecule has 1 saturated heterocycles. The quantitative estimate of drug-likeness (QED) is 0.837. The number of piperazine rings is 1. The predicted octanol–water partition coefficient (Wildman–Crippen LogP) is 1.22. The minimum atomic E-state index is -0.447. The minimum Gasteiger partial charge on any atom is -0.480 e. The molecule has 2 heterocycles. The molecule has 0 bridgehead atoms. The molecule has 0 saturated carbocycles. The van der Waals surface area contributed by atoms with Gasteiger partial charge in [0.2, 0.25) is 5.88 Å². The Hall–Kier alpha value is -3.03. The van der Waals surface area contributed by atoms with E-state index in [0.717, 1.165) is 0 Å². The Morgan fingerprint density at radius 2 is 1.68 bits per heavy atom. The molecule has 130 valence electrons. The fourth-order valence-electron chi connectivity index (χ4n) is 2.62. The molecule has 8 heteroatoms. The van der Waals surface area contributed by atoms with Gasteiger partial charge in [-0.25, -0.2) is 4.39 Å². The topological polar surface area (TPSA) is 75.6 Å². The number of hydrogen-bond acceptors (Lipinski definition) is 5. The van der Waals surface area contributed by atoms with Gasteiger partial charge in [0.25, 0.3) is 11.8 Å². The summed E-state index contributed by atoms with van der Waals surface area (Å²) in [5.41, 5.74) is 0.534. The molecule has 3 rings (SSSR count). The summed E-state index contributed by atoms with van der Waals surface area (Å²) in [7, 11) is 1.47. The Morgan fingerprint density at radius 1 is 1.00 bits per heavy atom. The van der Waals surface area contributed by atoms with E-state index in [-0.39, 0.29) is 17.5 Å². The van der Waals surface area contributed by atoms with Crippen molar-refractivity contribution in [2.24, 2.45) is 0 Å². The van der Waals surface area contributed by atoms with E-state index in [1.165, 1.54) is 25.3 Å². The van der Waals surface area contributed by atoms with Gasteiger partial charge < -0.3 is 14.5 Å². The standard InChI is InChI=1S/C17H17FN4O3/c1-25-15-6-5-14(19-20-15)17(24)22-9-7-21(8-10-22)16(23)12-3-2-4-13(18)11-12/h2-6,11H,7-10H2,1H3. The van der Waals surface area contributed by atoms with Crippen molar-refractivity contribution in [3.05, 3.63) is 53.5 Å². The zero-order valence-electron chi connectivity index (χ0n) is 13.7. The maximum Gasteiger partial charge on any atom is 0.274 e. The molecule has 1 aromatic carbocycles. The molecule has 0 aliphatic carbocycles. The highest BCUT2D eigenvalue weighted by molar-refractivity contribution is 5.95. The Kier molecular flexibility index (Phi) is 4.87. The lowest BCUT2D eigenvalue weighted by molar-refractivity contribution is 0.0531. The van der Waals surface area contributed by atoms with Crippen LogP contribution >= 0.6 is 0 Å². The highest BCUT2D eigenvalue weighted by atomic mass is 19.1. The minimum absolute atomic E-state index is 0.228. The number of hydrogen-bond donors (Lipinski definition) is 0. The number of benzene rings is 1. The van der Waals surface area contributed by atoms with Crippen LogP contribution in [0, 0.1) is 5.82 Å².